The van der Waals surface area contributed by atoms with E-state index in [-0.39, 0.29) is 23.8 Å². The number of allylic oxidation sites excluding steroid dienone is 1. The van der Waals surface area contributed by atoms with Gasteiger partial charge in [-0.2, -0.15) is 0 Å². The van der Waals surface area contributed by atoms with Gasteiger partial charge in [-0.25, -0.2) is 4.79 Å². The molecule has 0 aromatic heterocycles. The van der Waals surface area contributed by atoms with Gasteiger partial charge in [-0.15, -0.1) is 0 Å². The summed E-state index contributed by atoms with van der Waals surface area (Å²) >= 11 is 0. The smallest absolute Gasteiger partial charge is 0.317 e. The number of piperidine rings is 1. The molecule has 0 aromatic rings. The maximum absolute atomic E-state index is 12.1. The Hall–Kier alpha value is -1.52. The lowest BCUT2D eigenvalue weighted by Gasteiger charge is -2.35. The highest BCUT2D eigenvalue weighted by Gasteiger charge is 2.33. The van der Waals surface area contributed by atoms with Crippen molar-refractivity contribution in [1.29, 1.82) is 0 Å². The molecule has 5 heteroatoms. The average molecular weight is 294 g/mol. The second kappa shape index (κ2) is 7.48. The minimum atomic E-state index is -0.157. The summed E-state index contributed by atoms with van der Waals surface area (Å²) in [5, 5.41) is 2.99. The number of urea groups is 1. The van der Waals surface area contributed by atoms with Crippen molar-refractivity contribution in [3.63, 3.8) is 0 Å². The second-order valence-electron chi connectivity index (χ2n) is 6.08. The van der Waals surface area contributed by atoms with E-state index in [0.29, 0.717) is 26.1 Å². The highest BCUT2D eigenvalue weighted by atomic mass is 16.5. The fourth-order valence-electron chi connectivity index (χ4n) is 3.24. The number of methoxy groups -OCH3 is 1. The Kier molecular flexibility index (Phi) is 5.65. The lowest BCUT2D eigenvalue weighted by Crippen LogP contribution is -2.49. The zero-order chi connectivity index (χ0) is 15.2. The van der Waals surface area contributed by atoms with Crippen molar-refractivity contribution >= 4 is 12.0 Å². The Balaban J connectivity index is 1.72. The maximum atomic E-state index is 12.1. The average Bonchev–Trinajstić information content (AvgIpc) is 2.99. The van der Waals surface area contributed by atoms with Crippen molar-refractivity contribution in [2.45, 2.75) is 39.0 Å². The van der Waals surface area contributed by atoms with E-state index >= 15 is 0 Å². The monoisotopic (exact) mass is 294 g/mol. The molecule has 21 heavy (non-hydrogen) atoms. The minimum Gasteiger partial charge on any atom is -0.469 e. The number of nitrogens with one attached hydrogen (secondary N) is 1. The first-order valence-corrected chi connectivity index (χ1v) is 7.90. The number of esters is 1. The molecule has 5 nitrogen and oxygen atoms in total. The summed E-state index contributed by atoms with van der Waals surface area (Å²) in [5.74, 6) is -0.0899. The number of amides is 2. The lowest BCUT2D eigenvalue weighted by atomic mass is 9.87. The molecule has 2 aliphatic rings. The predicted molar refractivity (Wildman–Crippen MR) is 80.8 cm³/mol. The molecule has 0 unspecified atom stereocenters. The normalized spacial score (nSPS) is 25.4. The van der Waals surface area contributed by atoms with Crippen LogP contribution in [0.15, 0.2) is 11.6 Å². The summed E-state index contributed by atoms with van der Waals surface area (Å²) in [7, 11) is 1.42. The van der Waals surface area contributed by atoms with Crippen LogP contribution in [-0.2, 0) is 9.53 Å². The van der Waals surface area contributed by atoms with Crippen LogP contribution in [0.4, 0.5) is 4.79 Å². The van der Waals surface area contributed by atoms with E-state index in [0.717, 1.165) is 6.42 Å². The molecular weight excluding hydrogens is 268 g/mol. The Morgan fingerprint density at radius 1 is 1.48 bits per heavy atom. The van der Waals surface area contributed by atoms with Crippen molar-refractivity contribution in [2.75, 3.05) is 26.7 Å². The van der Waals surface area contributed by atoms with E-state index < -0.39 is 0 Å². The summed E-state index contributed by atoms with van der Waals surface area (Å²) in [5.41, 5.74) is 1.47. The molecule has 2 atom stereocenters. The molecule has 0 aromatic carbocycles. The number of hydrogen-bond donors (Lipinski definition) is 1. The number of ether oxygens (including phenoxy) is 1. The summed E-state index contributed by atoms with van der Waals surface area (Å²) < 4.78 is 4.81. The molecular formula is C16H26N2O3. The van der Waals surface area contributed by atoms with Gasteiger partial charge in [0.15, 0.2) is 0 Å². The molecule has 0 bridgehead atoms. The van der Waals surface area contributed by atoms with E-state index in [4.69, 9.17) is 4.74 Å². The summed E-state index contributed by atoms with van der Waals surface area (Å²) in [6, 6.07) is -0.0104. The van der Waals surface area contributed by atoms with E-state index in [1.165, 1.54) is 31.9 Å². The van der Waals surface area contributed by atoms with Crippen LogP contribution in [-0.4, -0.2) is 43.6 Å². The first-order valence-electron chi connectivity index (χ1n) is 7.90. The Morgan fingerprint density at radius 2 is 2.29 bits per heavy atom. The summed E-state index contributed by atoms with van der Waals surface area (Å²) in [6.45, 7) is 3.95. The maximum Gasteiger partial charge on any atom is 0.317 e. The highest BCUT2D eigenvalue weighted by Crippen LogP contribution is 2.24. The van der Waals surface area contributed by atoms with Crippen molar-refractivity contribution < 1.29 is 14.3 Å². The van der Waals surface area contributed by atoms with Crippen LogP contribution in [0.5, 0.6) is 0 Å². The van der Waals surface area contributed by atoms with Crippen LogP contribution in [0, 0.1) is 11.8 Å². The quantitative estimate of drug-likeness (QED) is 0.639. The summed E-state index contributed by atoms with van der Waals surface area (Å²) in [6.07, 6.45) is 7.55. The van der Waals surface area contributed by atoms with Crippen LogP contribution in [0.2, 0.25) is 0 Å². The van der Waals surface area contributed by atoms with Gasteiger partial charge < -0.3 is 15.0 Å². The first kappa shape index (κ1) is 15.9. The number of hydrogen-bond acceptors (Lipinski definition) is 3. The zero-order valence-electron chi connectivity index (χ0n) is 13.1. The first-order chi connectivity index (χ1) is 10.1. The molecule has 2 rings (SSSR count). The van der Waals surface area contributed by atoms with E-state index in [9.17, 15) is 9.59 Å². The largest absolute Gasteiger partial charge is 0.469 e. The van der Waals surface area contributed by atoms with Crippen LogP contribution < -0.4 is 5.32 Å². The van der Waals surface area contributed by atoms with Crippen molar-refractivity contribution in [3.05, 3.63) is 11.6 Å². The van der Waals surface area contributed by atoms with Crippen molar-refractivity contribution in [2.24, 2.45) is 11.8 Å². The molecule has 1 aliphatic carbocycles. The van der Waals surface area contributed by atoms with Gasteiger partial charge in [0.05, 0.1) is 13.0 Å². The third-order valence-electron chi connectivity index (χ3n) is 4.55. The molecule has 118 valence electrons. The van der Waals surface area contributed by atoms with Crippen LogP contribution >= 0.6 is 0 Å². The second-order valence-corrected chi connectivity index (χ2v) is 6.08. The molecule has 1 heterocycles. The Morgan fingerprint density at radius 3 is 2.90 bits per heavy atom. The SMILES string of the molecule is COC(=O)[C@H]1CCN(C(=O)NCCC2=CCCC2)C[C@@H]1C. The summed E-state index contributed by atoms with van der Waals surface area (Å²) in [4.78, 5) is 25.6. The molecule has 0 saturated carbocycles. The molecule has 1 fully saturated rings. The van der Waals surface area contributed by atoms with Crippen LogP contribution in [0.1, 0.15) is 39.0 Å². The van der Waals surface area contributed by atoms with Gasteiger partial charge in [-0.05, 0) is 38.0 Å². The van der Waals surface area contributed by atoms with Gasteiger partial charge in [-0.3, -0.25) is 4.79 Å². The fourth-order valence-corrected chi connectivity index (χ4v) is 3.24. The number of rotatable bonds is 4. The molecule has 1 saturated heterocycles. The third-order valence-corrected chi connectivity index (χ3v) is 4.55. The third kappa shape index (κ3) is 4.22. The van der Waals surface area contributed by atoms with Gasteiger partial charge in [0, 0.05) is 19.6 Å². The minimum absolute atomic E-state index is 0.0104. The van der Waals surface area contributed by atoms with Gasteiger partial charge in [0.25, 0.3) is 0 Å². The van der Waals surface area contributed by atoms with Crippen LogP contribution in [0.25, 0.3) is 0 Å². The van der Waals surface area contributed by atoms with Crippen LogP contribution in [0.3, 0.4) is 0 Å². The standard InChI is InChI=1S/C16H26N2O3/c1-12-11-18(10-8-14(12)15(19)21-2)16(20)17-9-7-13-5-3-4-6-13/h5,12,14H,3-4,6-11H2,1-2H3,(H,17,20)/t12-,14-/m0/s1. The Bertz CT molecular complexity index is 420. The van der Waals surface area contributed by atoms with E-state index in [1.807, 2.05) is 11.8 Å². The topological polar surface area (TPSA) is 58.6 Å². The molecule has 0 radical (unpaired) electrons. The fraction of sp³-hybridized carbons (Fsp3) is 0.750. The lowest BCUT2D eigenvalue weighted by molar-refractivity contribution is -0.148. The molecule has 0 spiro atoms. The van der Waals surface area contributed by atoms with Gasteiger partial charge in [0.1, 0.15) is 0 Å². The van der Waals surface area contributed by atoms with Gasteiger partial charge in [-0.1, -0.05) is 18.6 Å². The molecule has 2 amide bonds. The predicted octanol–water partition coefficient (Wildman–Crippen LogP) is 2.33. The van der Waals surface area contributed by atoms with E-state index in [1.54, 1.807) is 0 Å². The zero-order valence-corrected chi connectivity index (χ0v) is 13.1. The number of carbonyl (C=O) groups excluding carboxylic acids is 2. The van der Waals surface area contributed by atoms with Gasteiger partial charge >= 0.3 is 12.0 Å². The van der Waals surface area contributed by atoms with Crippen molar-refractivity contribution in [1.82, 2.24) is 10.2 Å². The highest BCUT2D eigenvalue weighted by molar-refractivity contribution is 5.76. The van der Waals surface area contributed by atoms with Gasteiger partial charge in [0.2, 0.25) is 0 Å². The Labute approximate surface area is 126 Å². The number of nitrogens with zero attached hydrogens (tertiary/aromatic N) is 1. The molecule has 1 N–H and O–H groups in total. The number of likely N-dealkylation sites (tertiary alicyclic amines) is 1. The number of carbonyl (C=O) groups is 2. The van der Waals surface area contributed by atoms with Crippen molar-refractivity contribution in [3.8, 4) is 0 Å². The van der Waals surface area contributed by atoms with E-state index in [2.05, 4.69) is 11.4 Å². The molecule has 1 aliphatic heterocycles.